The average Bonchev–Trinajstić information content (AvgIpc) is 3.21. The molecule has 0 bridgehead atoms. The van der Waals surface area contributed by atoms with Gasteiger partial charge in [-0.15, -0.1) is 11.8 Å². The predicted molar refractivity (Wildman–Crippen MR) is 90.0 cm³/mol. The van der Waals surface area contributed by atoms with E-state index in [9.17, 15) is 9.59 Å². The third kappa shape index (κ3) is 2.51. The number of hydrogen-bond donors (Lipinski definition) is 1. The van der Waals surface area contributed by atoms with Crippen molar-refractivity contribution < 1.29 is 9.59 Å². The lowest BCUT2D eigenvalue weighted by Gasteiger charge is -2.18. The highest BCUT2D eigenvalue weighted by Gasteiger charge is 2.38. The summed E-state index contributed by atoms with van der Waals surface area (Å²) in [5, 5.41) is 5.08. The Kier molecular flexibility index (Phi) is 3.58. The Morgan fingerprint density at radius 1 is 1.17 bits per heavy atom. The van der Waals surface area contributed by atoms with Gasteiger partial charge in [0, 0.05) is 23.9 Å². The highest BCUT2D eigenvalue weighted by atomic mass is 32.2. The van der Waals surface area contributed by atoms with Crippen LogP contribution >= 0.6 is 11.8 Å². The third-order valence-electron chi connectivity index (χ3n) is 4.36. The average molecular weight is 324 g/mol. The molecule has 1 N–H and O–H groups in total. The minimum absolute atomic E-state index is 0.00851. The third-order valence-corrected chi connectivity index (χ3v) is 5.47. The maximum absolute atomic E-state index is 12.5. The number of thioether (sulfide) groups is 1. The smallest absolute Gasteiger partial charge is 0.230 e. The van der Waals surface area contributed by atoms with Gasteiger partial charge in [-0.3, -0.25) is 9.59 Å². The van der Waals surface area contributed by atoms with E-state index in [0.717, 1.165) is 5.69 Å². The minimum Gasteiger partial charge on any atom is -0.347 e. The highest BCUT2D eigenvalue weighted by molar-refractivity contribution is 8.02. The molecule has 3 unspecified atom stereocenters. The molecule has 3 atom stereocenters. The predicted octanol–water partition coefficient (Wildman–Crippen LogP) is 3.31. The van der Waals surface area contributed by atoms with Gasteiger partial charge in [-0.2, -0.15) is 0 Å². The number of benzene rings is 1. The Hall–Kier alpha value is -2.27. The van der Waals surface area contributed by atoms with Crippen LogP contribution in [0.15, 0.2) is 60.1 Å². The van der Waals surface area contributed by atoms with Crippen molar-refractivity contribution in [2.24, 2.45) is 5.92 Å². The van der Waals surface area contributed by atoms with E-state index < -0.39 is 0 Å². The Bertz CT molecular complexity index is 781. The maximum atomic E-state index is 12.5. The number of nitrogens with zero attached hydrogens (tertiary/aromatic N) is 1. The lowest BCUT2D eigenvalue weighted by molar-refractivity contribution is -0.124. The Balaban J connectivity index is 1.64. The van der Waals surface area contributed by atoms with E-state index in [1.54, 1.807) is 11.8 Å². The Labute approximate surface area is 138 Å². The van der Waals surface area contributed by atoms with Crippen molar-refractivity contribution in [1.82, 2.24) is 9.88 Å². The first-order valence-electron chi connectivity index (χ1n) is 7.61. The summed E-state index contributed by atoms with van der Waals surface area (Å²) in [5.74, 6) is -0.146. The molecule has 1 aromatic carbocycles. The summed E-state index contributed by atoms with van der Waals surface area (Å²) in [6.45, 7) is 0. The molecule has 116 valence electrons. The van der Waals surface area contributed by atoms with E-state index in [4.69, 9.17) is 0 Å². The molecular weight excluding hydrogens is 308 g/mol. The monoisotopic (exact) mass is 324 g/mol. The zero-order valence-electron chi connectivity index (χ0n) is 12.4. The molecule has 0 radical (unpaired) electrons. The van der Waals surface area contributed by atoms with Crippen LogP contribution in [0, 0.1) is 5.92 Å². The van der Waals surface area contributed by atoms with Crippen LogP contribution in [-0.4, -0.2) is 16.3 Å². The van der Waals surface area contributed by atoms with Crippen molar-refractivity contribution in [1.29, 1.82) is 0 Å². The van der Waals surface area contributed by atoms with Crippen molar-refractivity contribution >= 4 is 23.5 Å². The zero-order valence-corrected chi connectivity index (χ0v) is 13.2. The molecule has 4 rings (SSSR count). The molecule has 23 heavy (non-hydrogen) atoms. The van der Waals surface area contributed by atoms with Crippen LogP contribution in [0.3, 0.4) is 0 Å². The van der Waals surface area contributed by atoms with E-state index in [1.165, 1.54) is 0 Å². The zero-order chi connectivity index (χ0) is 15.8. The molecule has 0 aliphatic carbocycles. The molecule has 5 heteroatoms. The van der Waals surface area contributed by atoms with Gasteiger partial charge in [0.25, 0.3) is 0 Å². The van der Waals surface area contributed by atoms with Crippen LogP contribution in [0.25, 0.3) is 0 Å². The first-order chi connectivity index (χ1) is 11.2. The number of carbonyl (C=O) groups is 2. The van der Waals surface area contributed by atoms with E-state index in [-0.39, 0.29) is 35.4 Å². The van der Waals surface area contributed by atoms with Crippen molar-refractivity contribution in [3.05, 3.63) is 71.4 Å². The van der Waals surface area contributed by atoms with Crippen molar-refractivity contribution in [3.8, 4) is 0 Å². The summed E-state index contributed by atoms with van der Waals surface area (Å²) in [6.07, 6.45) is 4.21. The van der Waals surface area contributed by atoms with Gasteiger partial charge in [0.2, 0.25) is 5.91 Å². The molecule has 1 aromatic heterocycles. The van der Waals surface area contributed by atoms with Crippen molar-refractivity contribution in [2.75, 3.05) is 0 Å². The van der Waals surface area contributed by atoms with Gasteiger partial charge in [-0.1, -0.05) is 36.4 Å². The molecule has 0 fully saturated rings. The highest BCUT2D eigenvalue weighted by Crippen LogP contribution is 2.43. The van der Waals surface area contributed by atoms with E-state index >= 15 is 0 Å². The SMILES string of the molecule is O=C(CC1NC(=O)C2C=CSC2n2cccc21)c1ccccc1. The van der Waals surface area contributed by atoms with Crippen LogP contribution in [0.1, 0.15) is 33.9 Å². The summed E-state index contributed by atoms with van der Waals surface area (Å²) in [7, 11) is 0. The van der Waals surface area contributed by atoms with E-state index in [2.05, 4.69) is 9.88 Å². The first kappa shape index (κ1) is 14.3. The number of amides is 1. The fraction of sp³-hybridized carbons (Fsp3) is 0.222. The number of fused-ring (bicyclic) bond motifs is 3. The molecule has 2 aliphatic rings. The Morgan fingerprint density at radius 2 is 2.00 bits per heavy atom. The van der Waals surface area contributed by atoms with Gasteiger partial charge in [0.05, 0.1) is 17.3 Å². The number of carbonyl (C=O) groups excluding carboxylic acids is 2. The fourth-order valence-corrected chi connectivity index (χ4v) is 4.33. The van der Waals surface area contributed by atoms with Crippen LogP contribution < -0.4 is 5.32 Å². The molecular formula is C18H16N2O2S. The fourth-order valence-electron chi connectivity index (χ4n) is 3.20. The number of hydrogen-bond acceptors (Lipinski definition) is 3. The van der Waals surface area contributed by atoms with Crippen LogP contribution in [0.5, 0.6) is 0 Å². The van der Waals surface area contributed by atoms with Gasteiger partial charge >= 0.3 is 0 Å². The van der Waals surface area contributed by atoms with E-state index in [1.807, 2.05) is 60.1 Å². The largest absolute Gasteiger partial charge is 0.347 e. The lowest BCUT2D eigenvalue weighted by atomic mass is 10.0. The summed E-state index contributed by atoms with van der Waals surface area (Å²) in [4.78, 5) is 25.0. The molecule has 2 aliphatic heterocycles. The summed E-state index contributed by atoms with van der Waals surface area (Å²) >= 11 is 1.64. The number of rotatable bonds is 3. The van der Waals surface area contributed by atoms with Gasteiger partial charge in [0.1, 0.15) is 0 Å². The molecule has 0 saturated carbocycles. The van der Waals surface area contributed by atoms with Crippen molar-refractivity contribution in [3.63, 3.8) is 0 Å². The summed E-state index contributed by atoms with van der Waals surface area (Å²) < 4.78 is 2.12. The Morgan fingerprint density at radius 3 is 2.83 bits per heavy atom. The van der Waals surface area contributed by atoms with Gasteiger partial charge in [-0.05, 0) is 17.5 Å². The minimum atomic E-state index is -0.287. The van der Waals surface area contributed by atoms with Crippen LogP contribution in [0.4, 0.5) is 0 Å². The number of ketones is 1. The number of nitrogens with one attached hydrogen (secondary N) is 1. The van der Waals surface area contributed by atoms with Gasteiger partial charge in [0.15, 0.2) is 5.78 Å². The molecule has 4 nitrogen and oxygen atoms in total. The summed E-state index contributed by atoms with van der Waals surface area (Å²) in [5.41, 5.74) is 1.67. The molecule has 3 heterocycles. The maximum Gasteiger partial charge on any atom is 0.230 e. The molecule has 0 spiro atoms. The number of Topliss-reactive ketones (excluding diaryl/α,β-unsaturated/α-hetero) is 1. The second-order valence-electron chi connectivity index (χ2n) is 5.78. The lowest BCUT2D eigenvalue weighted by Crippen LogP contribution is -2.32. The van der Waals surface area contributed by atoms with Crippen molar-refractivity contribution in [2.45, 2.75) is 17.8 Å². The van der Waals surface area contributed by atoms with Crippen LogP contribution in [0.2, 0.25) is 0 Å². The molecule has 2 aromatic rings. The molecule has 1 amide bonds. The van der Waals surface area contributed by atoms with Crippen LogP contribution in [-0.2, 0) is 4.79 Å². The second kappa shape index (κ2) is 5.74. The van der Waals surface area contributed by atoms with Gasteiger partial charge < -0.3 is 9.88 Å². The topological polar surface area (TPSA) is 51.1 Å². The normalized spacial score (nSPS) is 25.4. The summed E-state index contributed by atoms with van der Waals surface area (Å²) in [6, 6.07) is 12.9. The second-order valence-corrected chi connectivity index (χ2v) is 6.80. The van der Waals surface area contributed by atoms with Gasteiger partial charge in [-0.25, -0.2) is 0 Å². The first-order valence-corrected chi connectivity index (χ1v) is 8.56. The number of aromatic nitrogens is 1. The quantitative estimate of drug-likeness (QED) is 0.881. The molecule has 0 saturated heterocycles. The van der Waals surface area contributed by atoms with E-state index in [0.29, 0.717) is 5.56 Å². The standard InChI is InChI=1S/C18H16N2O2S/c21-16(12-5-2-1-3-6-12)11-14-15-7-4-9-20(15)18-13(8-10-23-18)17(22)19-14/h1-10,13-14,18H,11H2,(H,19,22).